The van der Waals surface area contributed by atoms with E-state index in [-0.39, 0.29) is 30.3 Å². The van der Waals surface area contributed by atoms with Gasteiger partial charge in [-0.1, -0.05) is 12.8 Å². The van der Waals surface area contributed by atoms with E-state index >= 15 is 0 Å². The molecule has 0 atom stereocenters. The number of halogens is 1. The fraction of sp³-hybridized carbons (Fsp3) is 0.556. The molecule has 24 heavy (non-hydrogen) atoms. The van der Waals surface area contributed by atoms with Crippen molar-refractivity contribution in [1.29, 1.82) is 0 Å². The van der Waals surface area contributed by atoms with E-state index in [9.17, 15) is 9.59 Å². The normalized spacial score (nSPS) is 10.2. The van der Waals surface area contributed by atoms with Gasteiger partial charge in [0.1, 0.15) is 0 Å². The Kier molecular flexibility index (Phi) is 11.1. The number of carbonyl (C=O) groups excluding carboxylic acids is 2. The molecular formula is C18H30ClN3O2. The standard InChI is InChI=1S/C18H29N3O2.ClH/c1-13(2)20-18(23)15-9-10-16(14(3)12-15)21-17(22)8-6-4-5-7-11-19;/h9-10,12-13H,4-8,11,19H2,1-3H3,(H,20,23)(H,21,22);1H. The van der Waals surface area contributed by atoms with Gasteiger partial charge in [0.25, 0.3) is 5.91 Å². The van der Waals surface area contributed by atoms with E-state index in [1.165, 1.54) is 0 Å². The molecule has 1 aromatic carbocycles. The van der Waals surface area contributed by atoms with Crippen molar-refractivity contribution in [3.63, 3.8) is 0 Å². The molecule has 1 rings (SSSR count). The molecule has 0 aliphatic carbocycles. The highest BCUT2D eigenvalue weighted by molar-refractivity contribution is 5.96. The van der Waals surface area contributed by atoms with Crippen molar-refractivity contribution in [2.24, 2.45) is 5.73 Å². The van der Waals surface area contributed by atoms with E-state index in [0.29, 0.717) is 18.5 Å². The molecule has 5 nitrogen and oxygen atoms in total. The minimum Gasteiger partial charge on any atom is -0.350 e. The zero-order valence-corrected chi connectivity index (χ0v) is 15.7. The van der Waals surface area contributed by atoms with Gasteiger partial charge in [0.05, 0.1) is 0 Å². The first-order chi connectivity index (χ1) is 10.9. The highest BCUT2D eigenvalue weighted by Gasteiger charge is 2.10. The Bertz CT molecular complexity index is 533. The zero-order valence-electron chi connectivity index (χ0n) is 14.9. The molecule has 4 N–H and O–H groups in total. The molecule has 0 bridgehead atoms. The lowest BCUT2D eigenvalue weighted by molar-refractivity contribution is -0.116. The summed E-state index contributed by atoms with van der Waals surface area (Å²) in [6.07, 6.45) is 4.50. The van der Waals surface area contributed by atoms with Crippen LogP contribution in [0.4, 0.5) is 5.69 Å². The minimum absolute atomic E-state index is 0. The Labute approximate surface area is 151 Å². The number of hydrogen-bond donors (Lipinski definition) is 3. The van der Waals surface area contributed by atoms with Crippen molar-refractivity contribution in [3.8, 4) is 0 Å². The summed E-state index contributed by atoms with van der Waals surface area (Å²) in [7, 11) is 0. The van der Waals surface area contributed by atoms with Gasteiger partial charge in [-0.25, -0.2) is 0 Å². The largest absolute Gasteiger partial charge is 0.350 e. The van der Waals surface area contributed by atoms with Crippen LogP contribution >= 0.6 is 12.4 Å². The van der Waals surface area contributed by atoms with Crippen LogP contribution in [0.15, 0.2) is 18.2 Å². The molecule has 0 aliphatic rings. The van der Waals surface area contributed by atoms with E-state index in [1.807, 2.05) is 20.8 Å². The molecule has 0 spiro atoms. The topological polar surface area (TPSA) is 84.2 Å². The van der Waals surface area contributed by atoms with E-state index in [1.54, 1.807) is 18.2 Å². The molecule has 0 unspecified atom stereocenters. The van der Waals surface area contributed by atoms with Crippen LogP contribution in [-0.2, 0) is 4.79 Å². The second-order valence-corrected chi connectivity index (χ2v) is 6.16. The molecular weight excluding hydrogens is 326 g/mol. The van der Waals surface area contributed by atoms with Crippen LogP contribution in [0.3, 0.4) is 0 Å². The zero-order chi connectivity index (χ0) is 17.2. The van der Waals surface area contributed by atoms with Crippen molar-refractivity contribution >= 4 is 29.9 Å². The van der Waals surface area contributed by atoms with Crippen molar-refractivity contribution in [3.05, 3.63) is 29.3 Å². The van der Waals surface area contributed by atoms with Crippen LogP contribution in [0.1, 0.15) is 61.9 Å². The van der Waals surface area contributed by atoms with E-state index in [4.69, 9.17) is 5.73 Å². The summed E-state index contributed by atoms with van der Waals surface area (Å²) in [6.45, 7) is 6.45. The summed E-state index contributed by atoms with van der Waals surface area (Å²) in [6, 6.07) is 5.43. The second-order valence-electron chi connectivity index (χ2n) is 6.16. The number of nitrogens with one attached hydrogen (secondary N) is 2. The Morgan fingerprint density at radius 3 is 2.38 bits per heavy atom. The van der Waals surface area contributed by atoms with E-state index in [2.05, 4.69) is 10.6 Å². The monoisotopic (exact) mass is 355 g/mol. The molecule has 2 amide bonds. The van der Waals surface area contributed by atoms with Crippen LogP contribution < -0.4 is 16.4 Å². The molecule has 136 valence electrons. The van der Waals surface area contributed by atoms with Crippen LogP contribution in [0.5, 0.6) is 0 Å². The third-order valence-electron chi connectivity index (χ3n) is 3.54. The van der Waals surface area contributed by atoms with Gasteiger partial charge in [-0.15, -0.1) is 12.4 Å². The summed E-state index contributed by atoms with van der Waals surface area (Å²) in [5, 5.41) is 5.77. The average Bonchev–Trinajstić information content (AvgIpc) is 2.48. The Morgan fingerprint density at radius 2 is 1.79 bits per heavy atom. The molecule has 6 heteroatoms. The van der Waals surface area contributed by atoms with Crippen molar-refractivity contribution in [2.75, 3.05) is 11.9 Å². The summed E-state index contributed by atoms with van der Waals surface area (Å²) in [5.41, 5.74) is 7.70. The average molecular weight is 356 g/mol. The Morgan fingerprint density at radius 1 is 1.12 bits per heavy atom. The fourth-order valence-corrected chi connectivity index (χ4v) is 2.29. The van der Waals surface area contributed by atoms with Gasteiger partial charge in [0.15, 0.2) is 0 Å². The van der Waals surface area contributed by atoms with Crippen molar-refractivity contribution in [2.45, 2.75) is 58.9 Å². The van der Waals surface area contributed by atoms with Crippen molar-refractivity contribution < 1.29 is 9.59 Å². The van der Waals surface area contributed by atoms with Gasteiger partial charge in [-0.3, -0.25) is 9.59 Å². The summed E-state index contributed by atoms with van der Waals surface area (Å²) >= 11 is 0. The molecule has 0 heterocycles. The first-order valence-corrected chi connectivity index (χ1v) is 8.35. The highest BCUT2D eigenvalue weighted by Crippen LogP contribution is 2.17. The number of rotatable bonds is 9. The van der Waals surface area contributed by atoms with Gasteiger partial charge in [0.2, 0.25) is 5.91 Å². The second kappa shape index (κ2) is 11.9. The van der Waals surface area contributed by atoms with Gasteiger partial charge in [-0.05, 0) is 63.9 Å². The number of amides is 2. The SMILES string of the molecule is Cc1cc(C(=O)NC(C)C)ccc1NC(=O)CCCCCCN.Cl. The van der Waals surface area contributed by atoms with Crippen LogP contribution in [0, 0.1) is 6.92 Å². The minimum atomic E-state index is -0.0964. The highest BCUT2D eigenvalue weighted by atomic mass is 35.5. The Hall–Kier alpha value is -1.59. The lowest BCUT2D eigenvalue weighted by Gasteiger charge is -2.12. The van der Waals surface area contributed by atoms with Gasteiger partial charge >= 0.3 is 0 Å². The van der Waals surface area contributed by atoms with Gasteiger partial charge < -0.3 is 16.4 Å². The lowest BCUT2D eigenvalue weighted by atomic mass is 10.1. The first-order valence-electron chi connectivity index (χ1n) is 8.35. The lowest BCUT2D eigenvalue weighted by Crippen LogP contribution is -2.30. The quantitative estimate of drug-likeness (QED) is 0.593. The third kappa shape index (κ3) is 8.31. The molecule has 0 saturated heterocycles. The number of hydrogen-bond acceptors (Lipinski definition) is 3. The maximum Gasteiger partial charge on any atom is 0.251 e. The Balaban J connectivity index is 0.00000529. The van der Waals surface area contributed by atoms with Crippen LogP contribution in [0.2, 0.25) is 0 Å². The molecule has 0 aliphatic heterocycles. The summed E-state index contributed by atoms with van der Waals surface area (Å²) in [5.74, 6) is -0.0823. The van der Waals surface area contributed by atoms with E-state index in [0.717, 1.165) is 36.9 Å². The maximum absolute atomic E-state index is 12.0. The molecule has 0 saturated carbocycles. The smallest absolute Gasteiger partial charge is 0.251 e. The number of aryl methyl sites for hydroxylation is 1. The maximum atomic E-state index is 12.0. The summed E-state index contributed by atoms with van der Waals surface area (Å²) in [4.78, 5) is 23.9. The predicted octanol–water partition coefficient (Wildman–Crippen LogP) is 3.40. The number of carbonyl (C=O) groups is 2. The van der Waals surface area contributed by atoms with Gasteiger partial charge in [-0.2, -0.15) is 0 Å². The molecule has 1 aromatic rings. The van der Waals surface area contributed by atoms with Crippen molar-refractivity contribution in [1.82, 2.24) is 5.32 Å². The number of anilines is 1. The van der Waals surface area contributed by atoms with Gasteiger partial charge in [0, 0.05) is 23.7 Å². The number of nitrogens with two attached hydrogens (primary N) is 1. The molecule has 0 fully saturated rings. The van der Waals surface area contributed by atoms with Crippen LogP contribution in [-0.4, -0.2) is 24.4 Å². The summed E-state index contributed by atoms with van der Waals surface area (Å²) < 4.78 is 0. The van der Waals surface area contributed by atoms with E-state index < -0.39 is 0 Å². The molecule has 0 radical (unpaired) electrons. The predicted molar refractivity (Wildman–Crippen MR) is 102 cm³/mol. The van der Waals surface area contributed by atoms with Crippen LogP contribution in [0.25, 0.3) is 0 Å². The number of unbranched alkanes of at least 4 members (excludes halogenated alkanes) is 3. The fourth-order valence-electron chi connectivity index (χ4n) is 2.29. The third-order valence-corrected chi connectivity index (χ3v) is 3.54. The first kappa shape index (κ1) is 22.4. The molecule has 0 aromatic heterocycles. The number of benzene rings is 1.